The van der Waals surface area contributed by atoms with Crippen molar-refractivity contribution in [3.8, 4) is 11.5 Å². The summed E-state index contributed by atoms with van der Waals surface area (Å²) in [4.78, 5) is 42.1. The first-order valence-corrected chi connectivity index (χ1v) is 17.8. The Labute approximate surface area is 293 Å². The van der Waals surface area contributed by atoms with Crippen molar-refractivity contribution in [3.05, 3.63) is 23.8 Å². The molecular formula is C36H63N5O8. The maximum Gasteiger partial charge on any atom is 0.321 e. The molecule has 2 rings (SSSR count). The molecule has 0 bridgehead atoms. The first-order chi connectivity index (χ1) is 23.2. The van der Waals surface area contributed by atoms with Crippen LogP contribution in [0, 0.1) is 29.6 Å². The Kier molecular flexibility index (Phi) is 18.9. The Balaban J connectivity index is 2.08. The van der Waals surface area contributed by atoms with E-state index in [0.29, 0.717) is 63.2 Å². The van der Waals surface area contributed by atoms with E-state index in [9.17, 15) is 19.5 Å². The molecule has 13 heteroatoms. The molecule has 1 saturated heterocycles. The number of benzene rings is 1. The first-order valence-electron chi connectivity index (χ1n) is 17.8. The molecule has 1 aliphatic heterocycles. The molecular weight excluding hydrogens is 630 g/mol. The smallest absolute Gasteiger partial charge is 0.321 e. The number of hydrogen-bond acceptors (Lipinski definition) is 10. The van der Waals surface area contributed by atoms with Gasteiger partial charge in [-0.1, -0.05) is 41.5 Å². The number of rotatable bonds is 22. The van der Waals surface area contributed by atoms with Gasteiger partial charge in [0.25, 0.3) is 5.91 Å². The summed E-state index contributed by atoms with van der Waals surface area (Å²) in [5.41, 5.74) is 12.5. The number of unbranched alkanes of at least 4 members (excludes halogenated alkanes) is 1. The maximum atomic E-state index is 13.5. The molecule has 49 heavy (non-hydrogen) atoms. The van der Waals surface area contributed by atoms with Crippen LogP contribution in [0.5, 0.6) is 11.5 Å². The van der Waals surface area contributed by atoms with Gasteiger partial charge in [-0.25, -0.2) is 4.79 Å². The summed E-state index contributed by atoms with van der Waals surface area (Å²) in [6.07, 6.45) is 1.12. The number of primary amides is 1. The number of urea groups is 1. The molecule has 4 atom stereocenters. The number of carbonyl (C=O) groups is 3. The Morgan fingerprint density at radius 3 is 2.27 bits per heavy atom. The summed E-state index contributed by atoms with van der Waals surface area (Å²) in [5.74, 6) is -0.268. The lowest BCUT2D eigenvalue weighted by atomic mass is 9.83. The highest BCUT2D eigenvalue weighted by atomic mass is 16.5. The van der Waals surface area contributed by atoms with Gasteiger partial charge in [-0.05, 0) is 61.5 Å². The molecule has 0 radical (unpaired) electrons. The standard InChI is InChI=1S/C36H63N5O8/c1-24(2)22-41(36(38)45)35(44)30(26(5)6)20-32(42)31(37)18-27(25(3)4)21-39-34(43)29-11-10-28(49-23-40-12-16-47-17-13-40)19-33(29)48-15-9-8-14-46-7/h10-11,19,24-27,30-32,42H,8-9,12-18,20-23,37H2,1-7H3,(H2,38,45)(H,39,43). The SMILES string of the molecule is COCCCCOc1cc(OCN2CCOCC2)ccc1C(=O)NCC(CC(N)C(O)CC(C(=O)N(CC(C)C)C(N)=O)C(C)C)C(C)C. The van der Waals surface area contributed by atoms with Gasteiger partial charge in [-0.2, -0.15) is 0 Å². The predicted octanol–water partition coefficient (Wildman–Crippen LogP) is 3.47. The number of aliphatic hydroxyl groups excluding tert-OH is 1. The molecule has 1 aromatic rings. The zero-order chi connectivity index (χ0) is 36.5. The van der Waals surface area contributed by atoms with Gasteiger partial charge in [0.1, 0.15) is 18.2 Å². The predicted molar refractivity (Wildman–Crippen MR) is 189 cm³/mol. The molecule has 0 spiro atoms. The third-order valence-electron chi connectivity index (χ3n) is 8.95. The number of carbonyl (C=O) groups excluding carboxylic acids is 3. The van der Waals surface area contributed by atoms with Crippen LogP contribution in [0.1, 0.15) is 77.6 Å². The number of imide groups is 1. The largest absolute Gasteiger partial charge is 0.493 e. The van der Waals surface area contributed by atoms with Crippen molar-refractivity contribution >= 4 is 17.8 Å². The molecule has 4 amide bonds. The Morgan fingerprint density at radius 1 is 1.00 bits per heavy atom. The fraction of sp³-hybridized carbons (Fsp3) is 0.750. The second-order valence-electron chi connectivity index (χ2n) is 14.2. The minimum atomic E-state index is -0.995. The summed E-state index contributed by atoms with van der Waals surface area (Å²) in [6, 6.07) is 3.79. The number of nitrogens with one attached hydrogen (secondary N) is 1. The fourth-order valence-electron chi connectivity index (χ4n) is 5.69. The minimum Gasteiger partial charge on any atom is -0.493 e. The lowest BCUT2D eigenvalue weighted by molar-refractivity contribution is -0.135. The maximum absolute atomic E-state index is 13.5. The van der Waals surface area contributed by atoms with Gasteiger partial charge in [0.05, 0.1) is 31.5 Å². The van der Waals surface area contributed by atoms with E-state index >= 15 is 0 Å². The van der Waals surface area contributed by atoms with E-state index in [1.807, 2.05) is 41.5 Å². The van der Waals surface area contributed by atoms with Gasteiger partial charge in [-0.15, -0.1) is 0 Å². The third kappa shape index (κ3) is 14.8. The van der Waals surface area contributed by atoms with Gasteiger partial charge < -0.3 is 40.8 Å². The highest BCUT2D eigenvalue weighted by molar-refractivity contribution is 5.97. The Morgan fingerprint density at radius 2 is 1.67 bits per heavy atom. The van der Waals surface area contributed by atoms with Crippen LogP contribution < -0.4 is 26.3 Å². The Hall–Kier alpha value is -2.97. The highest BCUT2D eigenvalue weighted by Crippen LogP contribution is 2.27. The molecule has 1 heterocycles. The molecule has 1 fully saturated rings. The average Bonchev–Trinajstić information content (AvgIpc) is 3.06. The zero-order valence-corrected chi connectivity index (χ0v) is 30.8. The zero-order valence-electron chi connectivity index (χ0n) is 30.8. The van der Waals surface area contributed by atoms with Crippen LogP contribution in [0.4, 0.5) is 4.79 Å². The second kappa shape index (κ2) is 22.0. The fourth-order valence-corrected chi connectivity index (χ4v) is 5.69. The van der Waals surface area contributed by atoms with Crippen LogP contribution >= 0.6 is 0 Å². The number of nitrogens with zero attached hydrogens (tertiary/aromatic N) is 2. The number of ether oxygens (including phenoxy) is 4. The van der Waals surface area contributed by atoms with Gasteiger partial charge in [-0.3, -0.25) is 19.4 Å². The summed E-state index contributed by atoms with van der Waals surface area (Å²) in [6.45, 7) is 16.6. The monoisotopic (exact) mass is 693 g/mol. The van der Waals surface area contributed by atoms with E-state index in [4.69, 9.17) is 30.4 Å². The molecule has 13 nitrogen and oxygen atoms in total. The number of nitrogens with two attached hydrogens (primary N) is 2. The number of methoxy groups -OCH3 is 1. The number of hydrogen-bond donors (Lipinski definition) is 4. The third-order valence-corrected chi connectivity index (χ3v) is 8.95. The van der Waals surface area contributed by atoms with Crippen LogP contribution in [-0.4, -0.2) is 111 Å². The summed E-state index contributed by atoms with van der Waals surface area (Å²) < 4.78 is 22.6. The van der Waals surface area contributed by atoms with Crippen molar-refractivity contribution in [1.29, 1.82) is 0 Å². The van der Waals surface area contributed by atoms with Gasteiger partial charge in [0.15, 0.2) is 0 Å². The molecule has 0 saturated carbocycles. The van der Waals surface area contributed by atoms with Crippen molar-refractivity contribution < 1.29 is 38.4 Å². The van der Waals surface area contributed by atoms with Crippen molar-refractivity contribution in [2.75, 3.05) is 66.4 Å². The van der Waals surface area contributed by atoms with E-state index in [2.05, 4.69) is 10.2 Å². The van der Waals surface area contributed by atoms with Gasteiger partial charge in [0.2, 0.25) is 5.91 Å². The van der Waals surface area contributed by atoms with Crippen LogP contribution in [0.2, 0.25) is 0 Å². The van der Waals surface area contributed by atoms with E-state index in [-0.39, 0.29) is 42.5 Å². The lowest BCUT2D eigenvalue weighted by Crippen LogP contribution is -2.49. The van der Waals surface area contributed by atoms with Crippen LogP contribution in [0.3, 0.4) is 0 Å². The van der Waals surface area contributed by atoms with Crippen molar-refractivity contribution in [2.45, 2.75) is 79.4 Å². The highest BCUT2D eigenvalue weighted by Gasteiger charge is 2.34. The molecule has 280 valence electrons. The molecule has 0 aliphatic carbocycles. The summed E-state index contributed by atoms with van der Waals surface area (Å²) in [5, 5.41) is 14.2. The number of amides is 4. The molecule has 6 N–H and O–H groups in total. The molecule has 1 aromatic carbocycles. The number of aliphatic hydroxyl groups is 1. The Bertz CT molecular complexity index is 1140. The van der Waals surface area contributed by atoms with Crippen LogP contribution in [0.15, 0.2) is 18.2 Å². The molecule has 0 aromatic heterocycles. The van der Waals surface area contributed by atoms with Crippen molar-refractivity contribution in [1.82, 2.24) is 15.1 Å². The number of morpholine rings is 1. The molecule has 1 aliphatic rings. The quantitative estimate of drug-likeness (QED) is 0.132. The van der Waals surface area contributed by atoms with Crippen molar-refractivity contribution in [2.24, 2.45) is 41.1 Å². The van der Waals surface area contributed by atoms with Crippen LogP contribution in [0.25, 0.3) is 0 Å². The minimum absolute atomic E-state index is 0.0496. The summed E-state index contributed by atoms with van der Waals surface area (Å²) in [7, 11) is 1.66. The van der Waals surface area contributed by atoms with Gasteiger partial charge in [0, 0.05) is 57.9 Å². The van der Waals surface area contributed by atoms with Crippen LogP contribution in [-0.2, 0) is 14.3 Å². The van der Waals surface area contributed by atoms with E-state index in [1.54, 1.807) is 25.3 Å². The van der Waals surface area contributed by atoms with E-state index in [1.165, 1.54) is 0 Å². The van der Waals surface area contributed by atoms with E-state index in [0.717, 1.165) is 30.8 Å². The van der Waals surface area contributed by atoms with Crippen molar-refractivity contribution in [3.63, 3.8) is 0 Å². The lowest BCUT2D eigenvalue weighted by Gasteiger charge is -2.32. The van der Waals surface area contributed by atoms with E-state index < -0.39 is 30.0 Å². The normalized spacial score (nSPS) is 16.3. The second-order valence-corrected chi connectivity index (χ2v) is 14.2. The summed E-state index contributed by atoms with van der Waals surface area (Å²) >= 11 is 0. The first kappa shape index (κ1) is 42.2. The topological polar surface area (TPSA) is 179 Å². The average molecular weight is 694 g/mol. The van der Waals surface area contributed by atoms with Gasteiger partial charge >= 0.3 is 6.03 Å². The molecule has 4 unspecified atom stereocenters.